The number of benzene rings is 1. The van der Waals surface area contributed by atoms with Gasteiger partial charge < -0.3 is 16.8 Å². The molecule has 1 aromatic rings. The van der Waals surface area contributed by atoms with Crippen LogP contribution in [0.2, 0.25) is 0 Å². The molecular weight excluding hydrogens is 209 g/mol. The van der Waals surface area contributed by atoms with Crippen molar-refractivity contribution in [3.05, 3.63) is 24.0 Å². The summed E-state index contributed by atoms with van der Waals surface area (Å²) in [6.45, 7) is 3.71. The first-order valence-electron chi connectivity index (χ1n) is 4.92. The zero-order valence-corrected chi connectivity index (χ0v) is 9.38. The average Bonchev–Trinajstić information content (AvgIpc) is 2.19. The molecule has 1 aromatic carbocycles. The average molecular weight is 225 g/mol. The number of carbonyl (C=O) groups is 1. The maximum atomic E-state index is 12.9. The fourth-order valence-corrected chi connectivity index (χ4v) is 1.08. The van der Waals surface area contributed by atoms with Gasteiger partial charge >= 0.3 is 0 Å². The Kier molecular flexibility index (Phi) is 3.37. The highest BCUT2D eigenvalue weighted by molar-refractivity contribution is 5.81. The van der Waals surface area contributed by atoms with Gasteiger partial charge in [0, 0.05) is 6.54 Å². The first kappa shape index (κ1) is 12.3. The van der Waals surface area contributed by atoms with Crippen molar-refractivity contribution in [2.75, 3.05) is 17.6 Å². The number of primary amides is 1. The van der Waals surface area contributed by atoms with Gasteiger partial charge in [-0.1, -0.05) is 0 Å². The van der Waals surface area contributed by atoms with Crippen LogP contribution in [0.5, 0.6) is 0 Å². The third-order valence-corrected chi connectivity index (χ3v) is 2.40. The molecule has 16 heavy (non-hydrogen) atoms. The number of nitrogens with one attached hydrogen (secondary N) is 1. The van der Waals surface area contributed by atoms with Gasteiger partial charge in [0.2, 0.25) is 5.91 Å². The molecule has 0 radical (unpaired) electrons. The van der Waals surface area contributed by atoms with Crippen LogP contribution in [0.3, 0.4) is 0 Å². The quantitative estimate of drug-likeness (QED) is 0.676. The first-order valence-corrected chi connectivity index (χ1v) is 4.92. The molecule has 0 aliphatic heterocycles. The van der Waals surface area contributed by atoms with Crippen LogP contribution in [0.4, 0.5) is 15.8 Å². The molecule has 0 saturated carbocycles. The minimum absolute atomic E-state index is 0.302. The van der Waals surface area contributed by atoms with E-state index in [2.05, 4.69) is 5.32 Å². The van der Waals surface area contributed by atoms with Crippen molar-refractivity contribution in [3.8, 4) is 0 Å². The minimum atomic E-state index is -0.710. The number of nitrogens with two attached hydrogens (primary N) is 2. The van der Waals surface area contributed by atoms with E-state index < -0.39 is 11.3 Å². The van der Waals surface area contributed by atoms with E-state index in [1.165, 1.54) is 18.2 Å². The second kappa shape index (κ2) is 4.38. The summed E-state index contributed by atoms with van der Waals surface area (Å²) in [6.07, 6.45) is 0. The Morgan fingerprint density at radius 1 is 1.50 bits per heavy atom. The van der Waals surface area contributed by atoms with E-state index in [1.54, 1.807) is 13.8 Å². The van der Waals surface area contributed by atoms with Gasteiger partial charge in [0.15, 0.2) is 0 Å². The second-order valence-corrected chi connectivity index (χ2v) is 4.33. The molecule has 5 heteroatoms. The molecule has 1 amide bonds. The van der Waals surface area contributed by atoms with Gasteiger partial charge in [-0.2, -0.15) is 0 Å². The van der Waals surface area contributed by atoms with Crippen LogP contribution in [0.15, 0.2) is 18.2 Å². The molecule has 0 saturated heterocycles. The van der Waals surface area contributed by atoms with Gasteiger partial charge in [-0.3, -0.25) is 4.79 Å². The predicted octanol–water partition coefficient (Wildman–Crippen LogP) is 1.33. The van der Waals surface area contributed by atoms with Gasteiger partial charge in [-0.05, 0) is 32.0 Å². The van der Waals surface area contributed by atoms with E-state index in [1.807, 2.05) is 0 Å². The Morgan fingerprint density at radius 2 is 2.12 bits per heavy atom. The van der Waals surface area contributed by atoms with Crippen molar-refractivity contribution < 1.29 is 9.18 Å². The molecule has 0 fully saturated rings. The number of halogens is 1. The number of amides is 1. The Bertz CT molecular complexity index is 404. The summed E-state index contributed by atoms with van der Waals surface area (Å²) < 4.78 is 12.9. The van der Waals surface area contributed by atoms with Crippen LogP contribution in [0.1, 0.15) is 13.8 Å². The van der Waals surface area contributed by atoms with Crippen LogP contribution >= 0.6 is 0 Å². The van der Waals surface area contributed by atoms with E-state index >= 15 is 0 Å². The summed E-state index contributed by atoms with van der Waals surface area (Å²) in [6, 6.07) is 4.03. The molecule has 88 valence electrons. The van der Waals surface area contributed by atoms with Gasteiger partial charge in [-0.25, -0.2) is 4.39 Å². The zero-order chi connectivity index (χ0) is 12.3. The van der Waals surface area contributed by atoms with Crippen LogP contribution in [-0.2, 0) is 4.79 Å². The molecule has 0 aliphatic carbocycles. The summed E-state index contributed by atoms with van der Waals surface area (Å²) in [4.78, 5) is 11.1. The lowest BCUT2D eigenvalue weighted by atomic mass is 9.92. The molecule has 4 nitrogen and oxygen atoms in total. The molecule has 0 aliphatic rings. The van der Waals surface area contributed by atoms with Gasteiger partial charge in [0.05, 0.1) is 16.8 Å². The van der Waals surface area contributed by atoms with Gasteiger partial charge in [0.1, 0.15) is 5.82 Å². The van der Waals surface area contributed by atoms with Crippen molar-refractivity contribution in [3.63, 3.8) is 0 Å². The number of hydrogen-bond acceptors (Lipinski definition) is 3. The molecule has 0 aromatic heterocycles. The minimum Gasteiger partial charge on any atom is -0.397 e. The molecule has 0 bridgehead atoms. The Hall–Kier alpha value is -1.78. The fourth-order valence-electron chi connectivity index (χ4n) is 1.08. The molecule has 0 unspecified atom stereocenters. The lowest BCUT2D eigenvalue weighted by Crippen LogP contribution is -2.37. The van der Waals surface area contributed by atoms with E-state index in [9.17, 15) is 9.18 Å². The van der Waals surface area contributed by atoms with Crippen molar-refractivity contribution in [2.45, 2.75) is 13.8 Å². The zero-order valence-electron chi connectivity index (χ0n) is 9.38. The van der Waals surface area contributed by atoms with E-state index in [-0.39, 0.29) is 5.82 Å². The highest BCUT2D eigenvalue weighted by atomic mass is 19.1. The predicted molar refractivity (Wildman–Crippen MR) is 62.3 cm³/mol. The Labute approximate surface area is 93.8 Å². The lowest BCUT2D eigenvalue weighted by Gasteiger charge is -2.22. The van der Waals surface area contributed by atoms with Crippen molar-refractivity contribution in [1.29, 1.82) is 0 Å². The summed E-state index contributed by atoms with van der Waals surface area (Å²) in [5.41, 5.74) is 11.1. The van der Waals surface area contributed by atoms with E-state index in [0.717, 1.165) is 0 Å². The van der Waals surface area contributed by atoms with Crippen molar-refractivity contribution in [2.24, 2.45) is 11.1 Å². The normalized spacial score (nSPS) is 11.2. The fraction of sp³-hybridized carbons (Fsp3) is 0.364. The van der Waals surface area contributed by atoms with Crippen LogP contribution in [0.25, 0.3) is 0 Å². The van der Waals surface area contributed by atoms with Crippen molar-refractivity contribution in [1.82, 2.24) is 0 Å². The topological polar surface area (TPSA) is 81.1 Å². The smallest absolute Gasteiger partial charge is 0.224 e. The third-order valence-electron chi connectivity index (χ3n) is 2.40. The molecule has 5 N–H and O–H groups in total. The number of anilines is 2. The number of carbonyl (C=O) groups excluding carboxylic acids is 1. The van der Waals surface area contributed by atoms with Crippen LogP contribution in [0, 0.1) is 11.2 Å². The van der Waals surface area contributed by atoms with Crippen LogP contribution in [-0.4, -0.2) is 12.5 Å². The summed E-state index contributed by atoms with van der Waals surface area (Å²) >= 11 is 0. The number of nitrogen functional groups attached to an aromatic ring is 1. The monoisotopic (exact) mass is 225 g/mol. The molecular formula is C11H16FN3O. The molecule has 0 spiro atoms. The Balaban J connectivity index is 2.75. The maximum absolute atomic E-state index is 12.9. The largest absolute Gasteiger partial charge is 0.397 e. The highest BCUT2D eigenvalue weighted by Crippen LogP contribution is 2.22. The number of hydrogen-bond donors (Lipinski definition) is 3. The summed E-state index contributed by atoms with van der Waals surface area (Å²) in [5.74, 6) is -0.802. The number of rotatable bonds is 4. The maximum Gasteiger partial charge on any atom is 0.224 e. The summed E-state index contributed by atoms with van der Waals surface area (Å²) in [5, 5.41) is 2.91. The molecule has 0 heterocycles. The third kappa shape index (κ3) is 2.85. The SMILES string of the molecule is CC(C)(CNc1cc(F)ccc1N)C(N)=O. The van der Waals surface area contributed by atoms with Crippen LogP contribution < -0.4 is 16.8 Å². The Morgan fingerprint density at radius 3 is 2.69 bits per heavy atom. The van der Waals surface area contributed by atoms with Gasteiger partial charge in [-0.15, -0.1) is 0 Å². The standard InChI is InChI=1S/C11H16FN3O/c1-11(2,10(14)16)6-15-9-5-7(12)3-4-8(9)13/h3-5,15H,6,13H2,1-2H3,(H2,14,16). The van der Waals surface area contributed by atoms with Gasteiger partial charge in [0.25, 0.3) is 0 Å². The van der Waals surface area contributed by atoms with E-state index in [0.29, 0.717) is 17.9 Å². The molecule has 1 rings (SSSR count). The van der Waals surface area contributed by atoms with E-state index in [4.69, 9.17) is 11.5 Å². The molecule has 0 atom stereocenters. The lowest BCUT2D eigenvalue weighted by molar-refractivity contribution is -0.125. The second-order valence-electron chi connectivity index (χ2n) is 4.33. The van der Waals surface area contributed by atoms with Crippen molar-refractivity contribution >= 4 is 17.3 Å². The highest BCUT2D eigenvalue weighted by Gasteiger charge is 2.24. The first-order chi connectivity index (χ1) is 7.33. The summed E-state index contributed by atoms with van der Waals surface area (Å²) in [7, 11) is 0.